The highest BCUT2D eigenvalue weighted by Crippen LogP contribution is 2.30. The Balaban J connectivity index is 2.39. The number of hydrogen-bond acceptors (Lipinski definition) is 2. The van der Waals surface area contributed by atoms with E-state index in [1.54, 1.807) is 10.6 Å². The van der Waals surface area contributed by atoms with Gasteiger partial charge in [0, 0.05) is 19.5 Å². The van der Waals surface area contributed by atoms with E-state index in [1.165, 1.54) is 0 Å². The Labute approximate surface area is 122 Å². The van der Waals surface area contributed by atoms with Gasteiger partial charge in [0.25, 0.3) is 0 Å². The van der Waals surface area contributed by atoms with Crippen LogP contribution in [-0.4, -0.2) is 29.7 Å². The normalized spacial score (nSPS) is 10.8. The third-order valence-electron chi connectivity index (χ3n) is 3.53. The Morgan fingerprint density at radius 1 is 1.05 bits per heavy atom. The molecule has 3 rings (SSSR count). The molecule has 1 heterocycles. The fraction of sp³-hybridized carbons (Fsp3) is 0.118. The van der Waals surface area contributed by atoms with Gasteiger partial charge in [-0.25, -0.2) is 4.79 Å². The van der Waals surface area contributed by atoms with Gasteiger partial charge in [0.15, 0.2) is 0 Å². The zero-order valence-electron chi connectivity index (χ0n) is 11.9. The van der Waals surface area contributed by atoms with E-state index in [4.69, 9.17) is 0 Å². The SMILES string of the molecule is CN(C)c1ccccc1-n1c(C(=O)O)cc2ccccc21. The molecule has 0 aliphatic carbocycles. The maximum atomic E-state index is 11.6. The molecule has 4 nitrogen and oxygen atoms in total. The molecule has 0 bridgehead atoms. The minimum Gasteiger partial charge on any atom is -0.477 e. The highest BCUT2D eigenvalue weighted by Gasteiger charge is 2.18. The Kier molecular flexibility index (Phi) is 3.14. The van der Waals surface area contributed by atoms with E-state index in [1.807, 2.05) is 67.5 Å². The molecule has 2 aromatic carbocycles. The lowest BCUT2D eigenvalue weighted by Crippen LogP contribution is -2.14. The number of rotatable bonds is 3. The number of benzene rings is 2. The molecule has 0 amide bonds. The zero-order valence-corrected chi connectivity index (χ0v) is 11.9. The maximum absolute atomic E-state index is 11.6. The smallest absolute Gasteiger partial charge is 0.352 e. The standard InChI is InChI=1S/C17H16N2O2/c1-18(2)14-9-5-6-10-15(14)19-13-8-4-3-7-12(13)11-16(19)17(20)21/h3-11H,1-2H3,(H,20,21). The van der Waals surface area contributed by atoms with Crippen molar-refractivity contribution in [2.24, 2.45) is 0 Å². The molecule has 4 heteroatoms. The van der Waals surface area contributed by atoms with E-state index in [0.717, 1.165) is 22.3 Å². The van der Waals surface area contributed by atoms with Crippen LogP contribution in [0.3, 0.4) is 0 Å². The number of aromatic carboxylic acids is 1. The quantitative estimate of drug-likeness (QED) is 0.800. The molecule has 21 heavy (non-hydrogen) atoms. The number of anilines is 1. The molecule has 3 aromatic rings. The Morgan fingerprint density at radius 2 is 1.71 bits per heavy atom. The van der Waals surface area contributed by atoms with Crippen molar-refractivity contribution in [1.82, 2.24) is 4.57 Å². The molecule has 0 spiro atoms. The second-order valence-electron chi connectivity index (χ2n) is 5.11. The van der Waals surface area contributed by atoms with Gasteiger partial charge in [-0.1, -0.05) is 30.3 Å². The summed E-state index contributed by atoms with van der Waals surface area (Å²) in [6.07, 6.45) is 0. The summed E-state index contributed by atoms with van der Waals surface area (Å²) in [6.45, 7) is 0. The van der Waals surface area contributed by atoms with Crippen LogP contribution in [0.2, 0.25) is 0 Å². The summed E-state index contributed by atoms with van der Waals surface area (Å²) in [5, 5.41) is 10.4. The van der Waals surface area contributed by atoms with Crippen LogP contribution in [0.5, 0.6) is 0 Å². The highest BCUT2D eigenvalue weighted by atomic mass is 16.4. The van der Waals surface area contributed by atoms with Gasteiger partial charge in [0.05, 0.1) is 16.9 Å². The number of carboxylic acid groups (broad SMARTS) is 1. The zero-order chi connectivity index (χ0) is 15.0. The van der Waals surface area contributed by atoms with Gasteiger partial charge in [-0.2, -0.15) is 0 Å². The lowest BCUT2D eigenvalue weighted by Gasteiger charge is -2.19. The van der Waals surface area contributed by atoms with Crippen molar-refractivity contribution in [3.8, 4) is 5.69 Å². The minimum absolute atomic E-state index is 0.269. The van der Waals surface area contributed by atoms with E-state index in [2.05, 4.69) is 0 Å². The topological polar surface area (TPSA) is 45.5 Å². The number of aromatic nitrogens is 1. The second kappa shape index (κ2) is 4.98. The predicted molar refractivity (Wildman–Crippen MR) is 84.6 cm³/mol. The summed E-state index contributed by atoms with van der Waals surface area (Å²) < 4.78 is 1.80. The van der Waals surface area contributed by atoms with Gasteiger partial charge in [-0.05, 0) is 24.3 Å². The van der Waals surface area contributed by atoms with Gasteiger partial charge in [-0.15, -0.1) is 0 Å². The fourth-order valence-corrected chi connectivity index (χ4v) is 2.60. The molecule has 0 saturated heterocycles. The van der Waals surface area contributed by atoms with Crippen molar-refractivity contribution in [1.29, 1.82) is 0 Å². The lowest BCUT2D eigenvalue weighted by molar-refractivity contribution is 0.0688. The van der Waals surface area contributed by atoms with Crippen LogP contribution in [0.4, 0.5) is 5.69 Å². The van der Waals surface area contributed by atoms with Gasteiger partial charge >= 0.3 is 5.97 Å². The molecule has 0 aliphatic rings. The molecular formula is C17H16N2O2. The molecule has 0 unspecified atom stereocenters. The molecule has 0 radical (unpaired) electrons. The Morgan fingerprint density at radius 3 is 2.43 bits per heavy atom. The summed E-state index contributed by atoms with van der Waals surface area (Å²) in [5.74, 6) is -0.931. The van der Waals surface area contributed by atoms with Gasteiger partial charge in [0.2, 0.25) is 0 Å². The van der Waals surface area contributed by atoms with E-state index in [9.17, 15) is 9.90 Å². The minimum atomic E-state index is -0.931. The summed E-state index contributed by atoms with van der Waals surface area (Å²) in [7, 11) is 3.90. The van der Waals surface area contributed by atoms with E-state index in [-0.39, 0.29) is 5.69 Å². The first-order valence-corrected chi connectivity index (χ1v) is 6.70. The molecule has 0 fully saturated rings. The predicted octanol–water partition coefficient (Wildman–Crippen LogP) is 3.39. The van der Waals surface area contributed by atoms with Crippen LogP contribution >= 0.6 is 0 Å². The Bertz CT molecular complexity index is 819. The van der Waals surface area contributed by atoms with Gasteiger partial charge in [-0.3, -0.25) is 0 Å². The molecular weight excluding hydrogens is 264 g/mol. The van der Waals surface area contributed by atoms with Gasteiger partial charge < -0.3 is 14.6 Å². The number of carbonyl (C=O) groups is 1. The lowest BCUT2D eigenvalue weighted by atomic mass is 10.2. The number of fused-ring (bicyclic) bond motifs is 1. The van der Waals surface area contributed by atoms with E-state index >= 15 is 0 Å². The Hall–Kier alpha value is -2.75. The van der Waals surface area contributed by atoms with Crippen LogP contribution in [0.1, 0.15) is 10.5 Å². The molecule has 1 aromatic heterocycles. The monoisotopic (exact) mass is 280 g/mol. The number of carboxylic acids is 1. The molecule has 1 N–H and O–H groups in total. The van der Waals surface area contributed by atoms with Crippen LogP contribution < -0.4 is 4.90 Å². The maximum Gasteiger partial charge on any atom is 0.352 e. The molecule has 0 aliphatic heterocycles. The van der Waals surface area contributed by atoms with Crippen molar-refractivity contribution in [3.05, 3.63) is 60.3 Å². The summed E-state index contributed by atoms with van der Waals surface area (Å²) in [6, 6.07) is 17.2. The van der Waals surface area contributed by atoms with E-state index < -0.39 is 5.97 Å². The second-order valence-corrected chi connectivity index (χ2v) is 5.11. The van der Waals surface area contributed by atoms with Crippen LogP contribution in [0.15, 0.2) is 54.6 Å². The third kappa shape index (κ3) is 2.14. The first kappa shape index (κ1) is 13.2. The average molecular weight is 280 g/mol. The number of nitrogens with zero attached hydrogens (tertiary/aromatic N) is 2. The van der Waals surface area contributed by atoms with Crippen molar-refractivity contribution in [3.63, 3.8) is 0 Å². The first-order chi connectivity index (χ1) is 10.1. The average Bonchev–Trinajstić information content (AvgIpc) is 2.86. The molecule has 0 saturated carbocycles. The third-order valence-corrected chi connectivity index (χ3v) is 3.53. The molecule has 106 valence electrons. The van der Waals surface area contributed by atoms with Crippen LogP contribution in [-0.2, 0) is 0 Å². The number of para-hydroxylation sites is 3. The first-order valence-electron chi connectivity index (χ1n) is 6.70. The van der Waals surface area contributed by atoms with Crippen molar-refractivity contribution >= 4 is 22.6 Å². The van der Waals surface area contributed by atoms with Crippen molar-refractivity contribution in [2.45, 2.75) is 0 Å². The van der Waals surface area contributed by atoms with Crippen LogP contribution in [0, 0.1) is 0 Å². The summed E-state index contributed by atoms with van der Waals surface area (Å²) in [4.78, 5) is 13.6. The van der Waals surface area contributed by atoms with Crippen molar-refractivity contribution in [2.75, 3.05) is 19.0 Å². The number of hydrogen-bond donors (Lipinski definition) is 1. The van der Waals surface area contributed by atoms with Crippen LogP contribution in [0.25, 0.3) is 16.6 Å². The van der Waals surface area contributed by atoms with E-state index in [0.29, 0.717) is 0 Å². The summed E-state index contributed by atoms with van der Waals surface area (Å²) >= 11 is 0. The summed E-state index contributed by atoms with van der Waals surface area (Å²) in [5.41, 5.74) is 3.00. The van der Waals surface area contributed by atoms with Crippen molar-refractivity contribution < 1.29 is 9.90 Å². The van der Waals surface area contributed by atoms with Gasteiger partial charge in [0.1, 0.15) is 5.69 Å². The fourth-order valence-electron chi connectivity index (χ4n) is 2.60. The highest BCUT2D eigenvalue weighted by molar-refractivity contribution is 5.96. The largest absolute Gasteiger partial charge is 0.477 e. The molecule has 0 atom stereocenters.